The minimum Gasteiger partial charge on any atom is -0.369 e. The third-order valence-corrected chi connectivity index (χ3v) is 7.00. The van der Waals surface area contributed by atoms with Crippen molar-refractivity contribution in [1.29, 1.82) is 0 Å². The first-order valence-electron chi connectivity index (χ1n) is 10.9. The van der Waals surface area contributed by atoms with Gasteiger partial charge >= 0.3 is 6.18 Å². The Balaban J connectivity index is 1.33. The molecule has 2 atom stereocenters. The molecule has 1 aliphatic carbocycles. The highest BCUT2D eigenvalue weighted by Crippen LogP contribution is 2.52. The fourth-order valence-electron chi connectivity index (χ4n) is 6.08. The molecule has 1 aromatic rings. The molecule has 1 aromatic carbocycles. The van der Waals surface area contributed by atoms with E-state index < -0.39 is 11.7 Å². The zero-order valence-corrected chi connectivity index (χ0v) is 18.1. The lowest BCUT2D eigenvalue weighted by Crippen LogP contribution is -2.51. The molecule has 1 saturated carbocycles. The molecule has 0 N–H and O–H groups in total. The number of alkyl halides is 3. The number of rotatable bonds is 3. The topological polar surface area (TPSA) is 26.8 Å². The molecule has 0 aromatic heterocycles. The van der Waals surface area contributed by atoms with Gasteiger partial charge in [-0.15, -0.1) is 0 Å². The zero-order chi connectivity index (χ0) is 21.7. The number of hydrogen-bond donors (Lipinski definition) is 0. The van der Waals surface area contributed by atoms with Crippen molar-refractivity contribution >= 4 is 11.6 Å². The van der Waals surface area contributed by atoms with Crippen LogP contribution >= 0.6 is 0 Å². The molecule has 3 aliphatic rings. The molecular formula is C23H32F3N3O. The molecule has 2 saturated heterocycles. The highest BCUT2D eigenvalue weighted by Gasteiger charge is 2.50. The smallest absolute Gasteiger partial charge is 0.369 e. The van der Waals surface area contributed by atoms with Gasteiger partial charge < -0.3 is 9.80 Å². The maximum absolute atomic E-state index is 13.1. The lowest BCUT2D eigenvalue weighted by atomic mass is 9.65. The standard InChI is InChI=1S/C23H32F3N3O/c1-21(2)12-19-13-22(3,15-21)16-29(19)20(30)14-27-7-9-28(10-8-27)18-6-4-5-17(11-18)23(24,25)26/h4-6,11,19H,7-10,12-16H2,1-3H3. The van der Waals surface area contributed by atoms with Crippen molar-refractivity contribution < 1.29 is 18.0 Å². The summed E-state index contributed by atoms with van der Waals surface area (Å²) in [6.07, 6.45) is -0.998. The van der Waals surface area contributed by atoms with Crippen LogP contribution in [-0.4, -0.2) is 61.0 Å². The summed E-state index contributed by atoms with van der Waals surface area (Å²) < 4.78 is 39.0. The summed E-state index contributed by atoms with van der Waals surface area (Å²) in [6, 6.07) is 5.85. The summed E-state index contributed by atoms with van der Waals surface area (Å²) in [7, 11) is 0. The van der Waals surface area contributed by atoms with Crippen molar-refractivity contribution in [2.24, 2.45) is 10.8 Å². The van der Waals surface area contributed by atoms with Crippen LogP contribution in [0.25, 0.3) is 0 Å². The van der Waals surface area contributed by atoms with Crippen LogP contribution in [0.2, 0.25) is 0 Å². The maximum Gasteiger partial charge on any atom is 0.416 e. The monoisotopic (exact) mass is 423 g/mol. The van der Waals surface area contributed by atoms with Crippen LogP contribution in [0.15, 0.2) is 24.3 Å². The average molecular weight is 424 g/mol. The van der Waals surface area contributed by atoms with E-state index in [-0.39, 0.29) is 16.7 Å². The number of benzene rings is 1. The average Bonchev–Trinajstić information content (AvgIpc) is 2.90. The molecule has 2 aliphatic heterocycles. The minimum absolute atomic E-state index is 0.203. The summed E-state index contributed by atoms with van der Waals surface area (Å²) in [5.41, 5.74) is 0.488. The van der Waals surface area contributed by atoms with E-state index in [1.807, 2.05) is 4.90 Å². The number of hydrogen-bond acceptors (Lipinski definition) is 3. The van der Waals surface area contributed by atoms with Crippen molar-refractivity contribution in [3.8, 4) is 0 Å². The van der Waals surface area contributed by atoms with Crippen LogP contribution in [0, 0.1) is 10.8 Å². The minimum atomic E-state index is -4.33. The van der Waals surface area contributed by atoms with E-state index in [4.69, 9.17) is 0 Å². The summed E-state index contributed by atoms with van der Waals surface area (Å²) in [5.74, 6) is 0.203. The van der Waals surface area contributed by atoms with Crippen molar-refractivity contribution in [3.63, 3.8) is 0 Å². The van der Waals surface area contributed by atoms with Gasteiger partial charge in [-0.2, -0.15) is 13.2 Å². The molecule has 4 nitrogen and oxygen atoms in total. The number of carbonyl (C=O) groups is 1. The van der Waals surface area contributed by atoms with Gasteiger partial charge in [0.1, 0.15) is 0 Å². The van der Waals surface area contributed by atoms with Gasteiger partial charge in [-0.1, -0.05) is 26.8 Å². The number of likely N-dealkylation sites (tertiary alicyclic amines) is 1. The number of anilines is 1. The first kappa shape index (κ1) is 21.5. The van der Waals surface area contributed by atoms with Crippen LogP contribution in [0.3, 0.4) is 0 Å². The lowest BCUT2D eigenvalue weighted by molar-refractivity contribution is -0.137. The Hall–Kier alpha value is -1.76. The normalized spacial score (nSPS) is 29.3. The number of halogens is 3. The van der Waals surface area contributed by atoms with Crippen LogP contribution < -0.4 is 4.90 Å². The Kier molecular flexibility index (Phi) is 5.32. The Morgan fingerprint density at radius 2 is 1.80 bits per heavy atom. The predicted molar refractivity (Wildman–Crippen MR) is 111 cm³/mol. The van der Waals surface area contributed by atoms with E-state index in [1.165, 1.54) is 12.1 Å². The van der Waals surface area contributed by atoms with Crippen LogP contribution in [0.4, 0.5) is 18.9 Å². The highest BCUT2D eigenvalue weighted by atomic mass is 19.4. The molecule has 1 amide bonds. The number of piperazine rings is 1. The number of carbonyl (C=O) groups excluding carboxylic acids is 1. The van der Waals surface area contributed by atoms with Crippen LogP contribution in [0.1, 0.15) is 45.6 Å². The summed E-state index contributed by atoms with van der Waals surface area (Å²) in [4.78, 5) is 19.3. The first-order chi connectivity index (χ1) is 13.9. The SMILES string of the molecule is CC1(C)CC2CC(C)(CN2C(=O)CN2CCN(c3cccc(C(F)(F)F)c3)CC2)C1. The second-order valence-electron chi connectivity index (χ2n) is 10.5. The molecule has 0 spiro atoms. The fraction of sp³-hybridized carbons (Fsp3) is 0.696. The third kappa shape index (κ3) is 4.46. The molecule has 0 radical (unpaired) electrons. The summed E-state index contributed by atoms with van der Waals surface area (Å²) >= 11 is 0. The van der Waals surface area contributed by atoms with E-state index in [9.17, 15) is 18.0 Å². The second-order valence-corrected chi connectivity index (χ2v) is 10.5. The first-order valence-corrected chi connectivity index (χ1v) is 10.9. The molecule has 30 heavy (non-hydrogen) atoms. The van der Waals surface area contributed by atoms with Gasteiger partial charge in [0.05, 0.1) is 12.1 Å². The van der Waals surface area contributed by atoms with E-state index in [2.05, 4.69) is 30.6 Å². The zero-order valence-electron chi connectivity index (χ0n) is 18.1. The van der Waals surface area contributed by atoms with Crippen molar-refractivity contribution in [1.82, 2.24) is 9.80 Å². The Bertz CT molecular complexity index is 801. The van der Waals surface area contributed by atoms with E-state index >= 15 is 0 Å². The van der Waals surface area contributed by atoms with Crippen molar-refractivity contribution in [3.05, 3.63) is 29.8 Å². The number of fused-ring (bicyclic) bond motifs is 2. The Labute approximate surface area is 177 Å². The maximum atomic E-state index is 13.1. The van der Waals surface area contributed by atoms with E-state index in [1.54, 1.807) is 6.07 Å². The Morgan fingerprint density at radius 3 is 2.47 bits per heavy atom. The molecule has 7 heteroatoms. The van der Waals surface area contributed by atoms with Gasteiger partial charge in [0, 0.05) is 44.5 Å². The van der Waals surface area contributed by atoms with Gasteiger partial charge in [0.2, 0.25) is 5.91 Å². The van der Waals surface area contributed by atoms with E-state index in [0.717, 1.165) is 31.9 Å². The summed E-state index contributed by atoms with van der Waals surface area (Å²) in [5, 5.41) is 0. The van der Waals surface area contributed by atoms with Crippen molar-refractivity contribution in [2.75, 3.05) is 44.2 Å². The van der Waals surface area contributed by atoms with Gasteiger partial charge in [0.15, 0.2) is 0 Å². The van der Waals surface area contributed by atoms with Gasteiger partial charge in [-0.3, -0.25) is 9.69 Å². The molecule has 2 heterocycles. The largest absolute Gasteiger partial charge is 0.416 e. The van der Waals surface area contributed by atoms with Crippen LogP contribution in [0.5, 0.6) is 0 Å². The number of amides is 1. The van der Waals surface area contributed by atoms with E-state index in [0.29, 0.717) is 44.5 Å². The molecule has 2 bridgehead atoms. The Morgan fingerprint density at radius 1 is 1.10 bits per heavy atom. The number of nitrogens with zero attached hydrogens (tertiary/aromatic N) is 3. The molecular weight excluding hydrogens is 391 g/mol. The third-order valence-electron chi connectivity index (χ3n) is 7.00. The van der Waals surface area contributed by atoms with Gasteiger partial charge in [0.25, 0.3) is 0 Å². The van der Waals surface area contributed by atoms with Crippen LogP contribution in [-0.2, 0) is 11.0 Å². The molecule has 2 unspecified atom stereocenters. The molecule has 4 rings (SSSR count). The van der Waals surface area contributed by atoms with Crippen molar-refractivity contribution in [2.45, 2.75) is 52.3 Å². The fourth-order valence-corrected chi connectivity index (χ4v) is 6.08. The highest BCUT2D eigenvalue weighted by molar-refractivity contribution is 5.79. The van der Waals surface area contributed by atoms with Gasteiger partial charge in [-0.25, -0.2) is 0 Å². The quantitative estimate of drug-likeness (QED) is 0.727. The second kappa shape index (κ2) is 7.43. The molecule has 166 valence electrons. The summed E-state index contributed by atoms with van der Waals surface area (Å²) in [6.45, 7) is 10.8. The molecule has 3 fully saturated rings. The van der Waals surface area contributed by atoms with Gasteiger partial charge in [-0.05, 0) is 48.3 Å². The predicted octanol–water partition coefficient (Wildman–Crippen LogP) is 4.25. The lowest BCUT2D eigenvalue weighted by Gasteiger charge is -2.39.